The average Bonchev–Trinajstić information content (AvgIpc) is 2.90. The van der Waals surface area contributed by atoms with E-state index in [1.807, 2.05) is 51.4 Å². The summed E-state index contributed by atoms with van der Waals surface area (Å²) in [4.78, 5) is 36.6. The molecule has 38 heavy (non-hydrogen) atoms. The van der Waals surface area contributed by atoms with Gasteiger partial charge in [0.2, 0.25) is 5.88 Å². The molecule has 0 aliphatic carbocycles. The largest absolute Gasteiger partial charge is 0.480 e. The Labute approximate surface area is 229 Å². The van der Waals surface area contributed by atoms with Crippen molar-refractivity contribution in [1.29, 1.82) is 0 Å². The van der Waals surface area contributed by atoms with Crippen LogP contribution in [0.5, 0.6) is 5.88 Å². The molecular formula is C29H35ClN4O4. The second-order valence-electron chi connectivity index (χ2n) is 9.44. The fraction of sp³-hybridized carbons (Fsp3) is 0.379. The molecule has 0 saturated carbocycles. The van der Waals surface area contributed by atoms with Crippen molar-refractivity contribution in [1.82, 2.24) is 20.2 Å². The minimum Gasteiger partial charge on any atom is -0.480 e. The summed E-state index contributed by atoms with van der Waals surface area (Å²) in [6.45, 7) is 6.77. The van der Waals surface area contributed by atoms with Gasteiger partial charge in [-0.05, 0) is 75.7 Å². The molecule has 0 radical (unpaired) electrons. The third kappa shape index (κ3) is 6.68. The van der Waals surface area contributed by atoms with Gasteiger partial charge in [0.25, 0.3) is 5.91 Å². The summed E-state index contributed by atoms with van der Waals surface area (Å²) in [7, 11) is 3.99. The smallest absolute Gasteiger partial charge is 0.329 e. The number of aryl methyl sites for hydroxylation is 1. The molecule has 9 heteroatoms. The van der Waals surface area contributed by atoms with Crippen molar-refractivity contribution in [3.05, 3.63) is 64.8 Å². The van der Waals surface area contributed by atoms with E-state index in [2.05, 4.69) is 15.2 Å². The molecule has 0 aliphatic rings. The van der Waals surface area contributed by atoms with Gasteiger partial charge in [0.05, 0.1) is 18.0 Å². The van der Waals surface area contributed by atoms with Gasteiger partial charge in [-0.1, -0.05) is 49.7 Å². The van der Waals surface area contributed by atoms with Crippen molar-refractivity contribution >= 4 is 23.5 Å². The summed E-state index contributed by atoms with van der Waals surface area (Å²) in [5.41, 5.74) is 2.42. The number of benzene rings is 1. The maximum atomic E-state index is 13.2. The number of rotatable bonds is 12. The molecule has 2 aromatic heterocycles. The Kier molecular flexibility index (Phi) is 9.83. The number of carboxylic acids is 1. The Hall–Kier alpha value is -3.49. The Morgan fingerprint density at radius 3 is 2.37 bits per heavy atom. The van der Waals surface area contributed by atoms with Crippen LogP contribution in [0, 0.1) is 6.92 Å². The standard InChI is InChI=1S/C29H35ClN4O4/c1-6-29(7-2,28(36)37)33-26(35)24-15-13-21(20-12-9-8-11-19(20)3)25(31-24)23-16-14-22(30)27(32-23)38-18-10-17-34(4)5/h8-9,11-16H,6-7,10,17-18H2,1-5H3,(H,33,35)(H,36,37). The van der Waals surface area contributed by atoms with Gasteiger partial charge < -0.3 is 20.1 Å². The van der Waals surface area contributed by atoms with Gasteiger partial charge in [-0.15, -0.1) is 0 Å². The molecule has 3 rings (SSSR count). The van der Waals surface area contributed by atoms with Gasteiger partial charge in [0.15, 0.2) is 0 Å². The van der Waals surface area contributed by atoms with Crippen LogP contribution in [0.15, 0.2) is 48.5 Å². The normalized spacial score (nSPS) is 11.4. The minimum atomic E-state index is -1.38. The molecule has 8 nitrogen and oxygen atoms in total. The second-order valence-corrected chi connectivity index (χ2v) is 9.85. The summed E-state index contributed by atoms with van der Waals surface area (Å²) in [6.07, 6.45) is 1.29. The molecule has 0 bridgehead atoms. The zero-order valence-electron chi connectivity index (χ0n) is 22.5. The molecule has 0 fully saturated rings. The first-order valence-electron chi connectivity index (χ1n) is 12.7. The highest BCUT2D eigenvalue weighted by Crippen LogP contribution is 2.34. The number of hydrogen-bond donors (Lipinski definition) is 2. The van der Waals surface area contributed by atoms with Crippen LogP contribution < -0.4 is 10.1 Å². The van der Waals surface area contributed by atoms with E-state index in [1.54, 1.807) is 32.0 Å². The highest BCUT2D eigenvalue weighted by Gasteiger charge is 2.37. The Balaban J connectivity index is 2.07. The highest BCUT2D eigenvalue weighted by molar-refractivity contribution is 6.31. The van der Waals surface area contributed by atoms with Gasteiger partial charge in [-0.3, -0.25) is 4.79 Å². The Morgan fingerprint density at radius 2 is 1.74 bits per heavy atom. The van der Waals surface area contributed by atoms with Crippen LogP contribution in [-0.2, 0) is 4.79 Å². The lowest BCUT2D eigenvalue weighted by Crippen LogP contribution is -2.53. The van der Waals surface area contributed by atoms with E-state index in [0.29, 0.717) is 23.0 Å². The third-order valence-corrected chi connectivity index (χ3v) is 6.86. The highest BCUT2D eigenvalue weighted by atomic mass is 35.5. The number of carbonyl (C=O) groups is 2. The topological polar surface area (TPSA) is 105 Å². The number of carbonyl (C=O) groups excluding carboxylic acids is 1. The van der Waals surface area contributed by atoms with E-state index >= 15 is 0 Å². The van der Waals surface area contributed by atoms with Crippen molar-refractivity contribution in [3.63, 3.8) is 0 Å². The molecule has 1 amide bonds. The summed E-state index contributed by atoms with van der Waals surface area (Å²) < 4.78 is 5.88. The minimum absolute atomic E-state index is 0.0926. The maximum absolute atomic E-state index is 13.2. The van der Waals surface area contributed by atoms with Gasteiger partial charge in [-0.2, -0.15) is 0 Å². The van der Waals surface area contributed by atoms with E-state index in [-0.39, 0.29) is 24.4 Å². The van der Waals surface area contributed by atoms with Crippen LogP contribution in [0.4, 0.5) is 0 Å². The number of pyridine rings is 2. The van der Waals surface area contributed by atoms with Crippen molar-refractivity contribution < 1.29 is 19.4 Å². The molecule has 1 aromatic carbocycles. The van der Waals surface area contributed by atoms with Crippen LogP contribution >= 0.6 is 11.6 Å². The molecule has 2 heterocycles. The summed E-state index contributed by atoms with van der Waals surface area (Å²) >= 11 is 6.39. The molecule has 0 atom stereocenters. The zero-order chi connectivity index (χ0) is 27.9. The summed E-state index contributed by atoms with van der Waals surface area (Å²) in [5, 5.41) is 12.8. The average molecular weight is 539 g/mol. The molecule has 0 saturated heterocycles. The molecule has 0 aliphatic heterocycles. The number of hydrogen-bond acceptors (Lipinski definition) is 6. The number of halogens is 1. The predicted molar refractivity (Wildman–Crippen MR) is 150 cm³/mol. The van der Waals surface area contributed by atoms with Crippen molar-refractivity contribution in [2.24, 2.45) is 0 Å². The van der Waals surface area contributed by atoms with Crippen molar-refractivity contribution in [2.45, 2.75) is 45.6 Å². The van der Waals surface area contributed by atoms with Gasteiger partial charge in [0, 0.05) is 12.1 Å². The van der Waals surface area contributed by atoms with E-state index in [4.69, 9.17) is 21.3 Å². The first-order chi connectivity index (χ1) is 18.1. The van der Waals surface area contributed by atoms with Crippen LogP contribution in [0.1, 0.15) is 49.2 Å². The lowest BCUT2D eigenvalue weighted by atomic mass is 9.92. The zero-order valence-corrected chi connectivity index (χ0v) is 23.3. The predicted octanol–water partition coefficient (Wildman–Crippen LogP) is 5.48. The van der Waals surface area contributed by atoms with Crippen LogP contribution in [0.25, 0.3) is 22.5 Å². The monoisotopic (exact) mass is 538 g/mol. The Bertz CT molecular complexity index is 1290. The SMILES string of the molecule is CCC(CC)(NC(=O)c1ccc(-c2ccccc2C)c(-c2ccc(Cl)c(OCCCN(C)C)n2)n1)C(=O)O. The van der Waals surface area contributed by atoms with Crippen molar-refractivity contribution in [2.75, 3.05) is 27.2 Å². The number of amides is 1. The van der Waals surface area contributed by atoms with Crippen molar-refractivity contribution in [3.8, 4) is 28.4 Å². The number of aliphatic carboxylic acids is 1. The quantitative estimate of drug-likeness (QED) is 0.294. The fourth-order valence-electron chi connectivity index (χ4n) is 4.14. The number of nitrogens with one attached hydrogen (secondary N) is 1. The summed E-state index contributed by atoms with van der Waals surface area (Å²) in [6, 6.07) is 14.7. The lowest BCUT2D eigenvalue weighted by molar-refractivity contribution is -0.144. The van der Waals surface area contributed by atoms with E-state index < -0.39 is 17.4 Å². The third-order valence-electron chi connectivity index (χ3n) is 6.58. The molecule has 2 N–H and O–H groups in total. The van der Waals surface area contributed by atoms with Crippen LogP contribution in [0.3, 0.4) is 0 Å². The van der Waals surface area contributed by atoms with Gasteiger partial charge in [0.1, 0.15) is 16.3 Å². The molecule has 202 valence electrons. The molecule has 0 spiro atoms. The first kappa shape index (κ1) is 29.1. The Morgan fingerprint density at radius 1 is 1.03 bits per heavy atom. The van der Waals surface area contributed by atoms with Gasteiger partial charge in [-0.25, -0.2) is 14.8 Å². The van der Waals surface area contributed by atoms with Crippen LogP contribution in [-0.4, -0.2) is 64.6 Å². The number of nitrogens with zero attached hydrogens (tertiary/aromatic N) is 3. The van der Waals surface area contributed by atoms with E-state index in [1.165, 1.54) is 0 Å². The number of aromatic nitrogens is 2. The van der Waals surface area contributed by atoms with E-state index in [0.717, 1.165) is 29.7 Å². The number of ether oxygens (including phenoxy) is 1. The summed E-state index contributed by atoms with van der Waals surface area (Å²) in [5.74, 6) is -1.36. The molecular weight excluding hydrogens is 504 g/mol. The van der Waals surface area contributed by atoms with E-state index in [9.17, 15) is 14.7 Å². The fourth-order valence-corrected chi connectivity index (χ4v) is 4.30. The van der Waals surface area contributed by atoms with Gasteiger partial charge >= 0.3 is 5.97 Å². The second kappa shape index (κ2) is 12.8. The molecule has 0 unspecified atom stereocenters. The first-order valence-corrected chi connectivity index (χ1v) is 13.1. The number of carboxylic acid groups (broad SMARTS) is 1. The maximum Gasteiger partial charge on any atom is 0.329 e. The molecule has 3 aromatic rings. The lowest BCUT2D eigenvalue weighted by Gasteiger charge is -2.28. The van der Waals surface area contributed by atoms with Crippen LogP contribution in [0.2, 0.25) is 5.02 Å².